The highest BCUT2D eigenvalue weighted by Gasteiger charge is 2.25. The summed E-state index contributed by atoms with van der Waals surface area (Å²) in [6.45, 7) is 3.40. The molecule has 8 heteroatoms. The molecule has 2 heterocycles. The molecule has 0 amide bonds. The number of nitrogens with two attached hydrogens (primary N) is 1. The van der Waals surface area contributed by atoms with Gasteiger partial charge in [0.05, 0.1) is 17.0 Å². The zero-order chi connectivity index (χ0) is 24.2. The van der Waals surface area contributed by atoms with E-state index in [4.69, 9.17) is 16.0 Å². The maximum Gasteiger partial charge on any atom is 0.294 e. The second-order valence-electron chi connectivity index (χ2n) is 8.66. The molecular weight excluding hydrogens is 433 g/mol. The Bertz CT molecular complexity index is 1270. The van der Waals surface area contributed by atoms with Crippen molar-refractivity contribution in [2.24, 2.45) is 5.73 Å². The predicted molar refractivity (Wildman–Crippen MR) is 130 cm³/mol. The molecule has 1 fully saturated rings. The molecule has 1 aliphatic heterocycles. The number of aliphatic hydroxyl groups is 1. The van der Waals surface area contributed by atoms with Crippen molar-refractivity contribution in [3.8, 4) is 28.6 Å². The van der Waals surface area contributed by atoms with Gasteiger partial charge < -0.3 is 20.3 Å². The van der Waals surface area contributed by atoms with Crippen LogP contribution in [0.25, 0.3) is 22.5 Å². The molecule has 176 valence electrons. The zero-order valence-electron chi connectivity index (χ0n) is 19.2. The van der Waals surface area contributed by atoms with Gasteiger partial charge in [-0.3, -0.25) is 4.79 Å². The van der Waals surface area contributed by atoms with Gasteiger partial charge in [-0.2, -0.15) is 5.26 Å². The van der Waals surface area contributed by atoms with Crippen LogP contribution in [0, 0.1) is 24.1 Å². The smallest absolute Gasteiger partial charge is 0.294 e. The van der Waals surface area contributed by atoms with E-state index in [0.29, 0.717) is 42.3 Å². The van der Waals surface area contributed by atoms with Crippen LogP contribution in [0.2, 0.25) is 0 Å². The van der Waals surface area contributed by atoms with Crippen LogP contribution in [0.5, 0.6) is 0 Å². The first-order chi connectivity index (χ1) is 16.4. The molecule has 0 atom stereocenters. The SMILES string of the molecule is Cc1ccc(-c2c(-c3ccc(C#N)c(F)c3)nc(N3CCC(N)CC3)c(=O)n2CCCO)cc1. The second-order valence-corrected chi connectivity index (χ2v) is 8.66. The summed E-state index contributed by atoms with van der Waals surface area (Å²) in [6.07, 6.45) is 1.88. The third-order valence-corrected chi connectivity index (χ3v) is 6.22. The summed E-state index contributed by atoms with van der Waals surface area (Å²) < 4.78 is 16.3. The van der Waals surface area contributed by atoms with E-state index >= 15 is 0 Å². The van der Waals surface area contributed by atoms with E-state index in [1.807, 2.05) is 42.2 Å². The summed E-state index contributed by atoms with van der Waals surface area (Å²) in [5, 5.41) is 18.7. The third kappa shape index (κ3) is 4.72. The highest BCUT2D eigenvalue weighted by atomic mass is 19.1. The maximum absolute atomic E-state index is 14.6. The predicted octanol–water partition coefficient (Wildman–Crippen LogP) is 3.21. The van der Waals surface area contributed by atoms with Crippen LogP contribution in [0.4, 0.5) is 10.2 Å². The number of benzene rings is 2. The molecule has 0 unspecified atom stereocenters. The topological polar surface area (TPSA) is 108 Å². The zero-order valence-corrected chi connectivity index (χ0v) is 19.2. The van der Waals surface area contributed by atoms with E-state index in [1.165, 1.54) is 12.1 Å². The van der Waals surface area contributed by atoms with Crippen molar-refractivity contribution in [2.75, 3.05) is 24.6 Å². The summed E-state index contributed by atoms with van der Waals surface area (Å²) in [6, 6.07) is 14.0. The van der Waals surface area contributed by atoms with E-state index in [-0.39, 0.29) is 30.3 Å². The lowest BCUT2D eigenvalue weighted by Gasteiger charge is -2.31. The molecule has 0 radical (unpaired) electrons. The average Bonchev–Trinajstić information content (AvgIpc) is 2.84. The van der Waals surface area contributed by atoms with Crippen LogP contribution in [-0.2, 0) is 6.54 Å². The van der Waals surface area contributed by atoms with Crippen LogP contribution in [0.1, 0.15) is 30.4 Å². The fourth-order valence-electron chi connectivity index (χ4n) is 4.27. The van der Waals surface area contributed by atoms with Crippen LogP contribution >= 0.6 is 0 Å². The quantitative estimate of drug-likeness (QED) is 0.584. The highest BCUT2D eigenvalue weighted by Crippen LogP contribution is 2.33. The van der Waals surface area contributed by atoms with Gasteiger partial charge in [0.2, 0.25) is 0 Å². The molecule has 1 saturated heterocycles. The summed E-state index contributed by atoms with van der Waals surface area (Å²) >= 11 is 0. The van der Waals surface area contributed by atoms with Gasteiger partial charge in [0.1, 0.15) is 11.9 Å². The van der Waals surface area contributed by atoms with Crippen molar-refractivity contribution in [3.63, 3.8) is 0 Å². The highest BCUT2D eigenvalue weighted by molar-refractivity contribution is 5.80. The summed E-state index contributed by atoms with van der Waals surface area (Å²) in [7, 11) is 0. The Balaban J connectivity index is 1.99. The van der Waals surface area contributed by atoms with Gasteiger partial charge in [-0.1, -0.05) is 35.9 Å². The number of anilines is 1. The minimum absolute atomic E-state index is 0.0560. The number of hydrogen-bond acceptors (Lipinski definition) is 6. The van der Waals surface area contributed by atoms with Crippen molar-refractivity contribution >= 4 is 5.82 Å². The maximum atomic E-state index is 14.6. The van der Waals surface area contributed by atoms with E-state index in [1.54, 1.807) is 10.6 Å². The molecule has 34 heavy (non-hydrogen) atoms. The minimum Gasteiger partial charge on any atom is -0.396 e. The molecule has 2 aromatic carbocycles. The van der Waals surface area contributed by atoms with Crippen LogP contribution in [0.3, 0.4) is 0 Å². The molecule has 0 spiro atoms. The number of aryl methyl sites for hydroxylation is 1. The van der Waals surface area contributed by atoms with Crippen LogP contribution in [-0.4, -0.2) is 40.4 Å². The Morgan fingerprint density at radius 1 is 1.18 bits per heavy atom. The van der Waals surface area contributed by atoms with Crippen molar-refractivity contribution in [2.45, 2.75) is 38.8 Å². The fraction of sp³-hybridized carbons (Fsp3) is 0.346. The number of piperidine rings is 1. The number of nitriles is 1. The van der Waals surface area contributed by atoms with Gasteiger partial charge >= 0.3 is 0 Å². The molecule has 0 bridgehead atoms. The lowest BCUT2D eigenvalue weighted by atomic mass is 10.0. The number of aliphatic hydroxyl groups excluding tert-OH is 1. The van der Waals surface area contributed by atoms with Crippen molar-refractivity contribution in [1.29, 1.82) is 5.26 Å². The third-order valence-electron chi connectivity index (χ3n) is 6.22. The lowest BCUT2D eigenvalue weighted by Crippen LogP contribution is -2.43. The molecule has 1 aromatic heterocycles. The standard InChI is InChI=1S/C26H28FN5O2/c1-17-3-5-18(6-4-17)24-23(19-7-8-20(16-28)22(27)15-19)30-25(26(34)32(24)11-2-14-33)31-12-9-21(29)10-13-31/h3-8,15,21,33H,2,9-14,29H2,1H3. The largest absolute Gasteiger partial charge is 0.396 e. The van der Waals surface area contributed by atoms with Gasteiger partial charge in [-0.25, -0.2) is 9.37 Å². The van der Waals surface area contributed by atoms with Crippen molar-refractivity contribution < 1.29 is 9.50 Å². The first kappa shape index (κ1) is 23.6. The Morgan fingerprint density at radius 3 is 2.47 bits per heavy atom. The molecule has 7 nitrogen and oxygen atoms in total. The molecule has 4 rings (SSSR count). The van der Waals surface area contributed by atoms with Gasteiger partial charge in [0.15, 0.2) is 5.82 Å². The summed E-state index contributed by atoms with van der Waals surface area (Å²) in [4.78, 5) is 20.4. The number of halogens is 1. The molecule has 0 aliphatic carbocycles. The van der Waals surface area contributed by atoms with Gasteiger partial charge in [0.25, 0.3) is 5.56 Å². The number of rotatable bonds is 6. The Labute approximate surface area is 197 Å². The van der Waals surface area contributed by atoms with Crippen molar-refractivity contribution in [3.05, 3.63) is 69.8 Å². The van der Waals surface area contributed by atoms with E-state index in [0.717, 1.165) is 24.0 Å². The normalized spacial score (nSPS) is 14.3. The summed E-state index contributed by atoms with van der Waals surface area (Å²) in [5.41, 5.74) is 9.06. The van der Waals surface area contributed by atoms with Crippen LogP contribution in [0.15, 0.2) is 47.3 Å². The monoisotopic (exact) mass is 461 g/mol. The first-order valence-corrected chi connectivity index (χ1v) is 11.5. The van der Waals surface area contributed by atoms with E-state index < -0.39 is 5.82 Å². The number of nitrogens with zero attached hydrogens (tertiary/aromatic N) is 4. The lowest BCUT2D eigenvalue weighted by molar-refractivity contribution is 0.279. The summed E-state index contributed by atoms with van der Waals surface area (Å²) in [5.74, 6) is -0.351. The molecule has 3 aromatic rings. The number of hydrogen-bond donors (Lipinski definition) is 2. The minimum atomic E-state index is -0.643. The second kappa shape index (κ2) is 10.2. The average molecular weight is 462 g/mol. The van der Waals surface area contributed by atoms with Gasteiger partial charge in [-0.05, 0) is 38.3 Å². The van der Waals surface area contributed by atoms with E-state index in [9.17, 15) is 14.3 Å². The van der Waals surface area contributed by atoms with E-state index in [2.05, 4.69) is 0 Å². The molecular formula is C26H28FN5O2. The first-order valence-electron chi connectivity index (χ1n) is 11.5. The van der Waals surface area contributed by atoms with Gasteiger partial charge in [-0.15, -0.1) is 0 Å². The molecule has 0 saturated carbocycles. The Kier molecular flexibility index (Phi) is 7.06. The number of aromatic nitrogens is 2. The Hall–Kier alpha value is -3.54. The molecule has 3 N–H and O–H groups in total. The van der Waals surface area contributed by atoms with Crippen molar-refractivity contribution in [1.82, 2.24) is 9.55 Å². The molecule has 1 aliphatic rings. The van der Waals surface area contributed by atoms with Gasteiger partial charge in [0, 0.05) is 43.4 Å². The Morgan fingerprint density at radius 2 is 1.85 bits per heavy atom. The fourth-order valence-corrected chi connectivity index (χ4v) is 4.27. The van der Waals surface area contributed by atoms with Crippen LogP contribution < -0.4 is 16.2 Å².